The van der Waals surface area contributed by atoms with E-state index in [0.29, 0.717) is 19.4 Å². The number of amides is 1. The molecule has 5 atom stereocenters. The maximum Gasteiger partial charge on any atom is 0.223 e. The number of fused-ring (bicyclic) bond motifs is 2. The molecule has 2 aliphatic carbocycles. The van der Waals surface area contributed by atoms with Crippen molar-refractivity contribution in [1.29, 1.82) is 0 Å². The van der Waals surface area contributed by atoms with Crippen molar-refractivity contribution in [2.75, 3.05) is 25.0 Å². The molecule has 35 heavy (non-hydrogen) atoms. The first-order chi connectivity index (χ1) is 16.8. The van der Waals surface area contributed by atoms with Gasteiger partial charge < -0.3 is 20.4 Å². The van der Waals surface area contributed by atoms with Crippen molar-refractivity contribution in [2.45, 2.75) is 77.4 Å². The predicted octanol–water partition coefficient (Wildman–Crippen LogP) is 4.57. The van der Waals surface area contributed by atoms with Gasteiger partial charge in [0.25, 0.3) is 0 Å². The highest BCUT2D eigenvalue weighted by Crippen LogP contribution is 2.63. The molecule has 0 bridgehead atoms. The van der Waals surface area contributed by atoms with Gasteiger partial charge in [-0.3, -0.25) is 4.79 Å². The molecule has 3 aliphatic rings. The first-order valence-corrected chi connectivity index (χ1v) is 14.0. The Balaban J connectivity index is 1.47. The minimum atomic E-state index is -0.585. The second-order valence-electron chi connectivity index (χ2n) is 11.3. The molecular weight excluding hydrogens is 458 g/mol. The Kier molecular flexibility index (Phi) is 6.94. The van der Waals surface area contributed by atoms with Crippen LogP contribution in [-0.4, -0.2) is 51.8 Å². The number of likely N-dealkylation sites (tertiary alicyclic amines) is 1. The fourth-order valence-corrected chi connectivity index (χ4v) is 8.01. The minimum absolute atomic E-state index is 0.00687. The van der Waals surface area contributed by atoms with Crippen molar-refractivity contribution in [2.24, 2.45) is 16.7 Å². The van der Waals surface area contributed by atoms with Gasteiger partial charge in [0.05, 0.1) is 18.4 Å². The number of rotatable bonds is 6. The average Bonchev–Trinajstić information content (AvgIpc) is 3.30. The van der Waals surface area contributed by atoms with Gasteiger partial charge in [-0.15, -0.1) is 11.3 Å². The van der Waals surface area contributed by atoms with Crippen LogP contribution in [0.15, 0.2) is 30.3 Å². The number of thiazole rings is 1. The molecule has 0 spiro atoms. The van der Waals surface area contributed by atoms with E-state index >= 15 is 0 Å². The normalized spacial score (nSPS) is 32.6. The number of carbonyl (C=O) groups is 1. The summed E-state index contributed by atoms with van der Waals surface area (Å²) in [5, 5.41) is 25.8. The molecule has 5 rings (SSSR count). The molecule has 1 aromatic heterocycles. The zero-order valence-electron chi connectivity index (χ0n) is 21.0. The Labute approximate surface area is 212 Å². The van der Waals surface area contributed by atoms with Crippen LogP contribution in [0.25, 0.3) is 0 Å². The van der Waals surface area contributed by atoms with Crippen molar-refractivity contribution in [3.8, 4) is 0 Å². The molecule has 0 unspecified atom stereocenters. The molecule has 3 N–H and O–H groups in total. The number of hydrogen-bond donors (Lipinski definition) is 3. The van der Waals surface area contributed by atoms with E-state index in [-0.39, 0.29) is 29.8 Å². The summed E-state index contributed by atoms with van der Waals surface area (Å²) in [5.74, 6) is 0.316. The summed E-state index contributed by atoms with van der Waals surface area (Å²) in [6, 6.07) is 10.3. The molecule has 190 valence electrons. The first-order valence-electron chi connectivity index (χ1n) is 13.2. The van der Waals surface area contributed by atoms with E-state index in [1.807, 2.05) is 30.0 Å². The Morgan fingerprint density at radius 1 is 1.20 bits per heavy atom. The van der Waals surface area contributed by atoms with Gasteiger partial charge in [-0.1, -0.05) is 44.2 Å². The maximum absolute atomic E-state index is 13.5. The topological polar surface area (TPSA) is 85.7 Å². The third-order valence-corrected chi connectivity index (χ3v) is 10.3. The Morgan fingerprint density at radius 2 is 1.94 bits per heavy atom. The zero-order valence-corrected chi connectivity index (χ0v) is 21.8. The van der Waals surface area contributed by atoms with Crippen molar-refractivity contribution >= 4 is 22.4 Å². The van der Waals surface area contributed by atoms with Gasteiger partial charge in [-0.25, -0.2) is 4.98 Å². The quantitative estimate of drug-likeness (QED) is 0.544. The van der Waals surface area contributed by atoms with E-state index in [9.17, 15) is 15.0 Å². The van der Waals surface area contributed by atoms with E-state index in [0.717, 1.165) is 49.6 Å². The smallest absolute Gasteiger partial charge is 0.223 e. The van der Waals surface area contributed by atoms with E-state index in [4.69, 9.17) is 4.98 Å². The Morgan fingerprint density at radius 3 is 2.66 bits per heavy atom. The molecule has 1 saturated carbocycles. The molecule has 6 nitrogen and oxygen atoms in total. The molecule has 1 aliphatic heterocycles. The van der Waals surface area contributed by atoms with E-state index < -0.39 is 11.5 Å². The number of nitrogens with one attached hydrogen (secondary N) is 1. The first kappa shape index (κ1) is 24.7. The number of piperidine rings is 1. The number of benzene rings is 1. The van der Waals surface area contributed by atoms with Gasteiger partial charge in [0, 0.05) is 42.3 Å². The van der Waals surface area contributed by atoms with Crippen molar-refractivity contribution in [1.82, 2.24) is 9.88 Å². The lowest BCUT2D eigenvalue weighted by atomic mass is 9.47. The van der Waals surface area contributed by atoms with Crippen molar-refractivity contribution in [3.63, 3.8) is 0 Å². The lowest BCUT2D eigenvalue weighted by molar-refractivity contribution is -0.147. The summed E-state index contributed by atoms with van der Waals surface area (Å²) in [6.07, 6.45) is 5.58. The van der Waals surface area contributed by atoms with Crippen LogP contribution in [0, 0.1) is 16.7 Å². The van der Waals surface area contributed by atoms with Crippen LogP contribution in [0.3, 0.4) is 0 Å². The summed E-state index contributed by atoms with van der Waals surface area (Å²) in [7, 11) is 0. The summed E-state index contributed by atoms with van der Waals surface area (Å²) >= 11 is 1.68. The Hall–Kier alpha value is -1.96. The van der Waals surface area contributed by atoms with Gasteiger partial charge in [0.1, 0.15) is 0 Å². The number of anilines is 1. The van der Waals surface area contributed by atoms with Crippen molar-refractivity contribution < 1.29 is 15.0 Å². The van der Waals surface area contributed by atoms with Crippen LogP contribution in [0.4, 0.5) is 5.13 Å². The summed E-state index contributed by atoms with van der Waals surface area (Å²) < 4.78 is 0. The molecule has 1 saturated heterocycles. The van der Waals surface area contributed by atoms with Crippen LogP contribution in [-0.2, 0) is 17.8 Å². The van der Waals surface area contributed by atoms with Crippen LogP contribution in [0.1, 0.15) is 74.4 Å². The minimum Gasteiger partial charge on any atom is -0.396 e. The molecule has 2 aromatic rings. The SMILES string of the molecule is C[C@]1(CO)[C@H]2Cc3sc(NCc4ccccc4)nc3[C@@H](CC(=O)N3CCCCC3)[C@]2(C)CC[C@H]1O. The summed E-state index contributed by atoms with van der Waals surface area (Å²) in [6.45, 7) is 6.68. The third kappa shape index (κ3) is 4.51. The summed E-state index contributed by atoms with van der Waals surface area (Å²) in [5.41, 5.74) is 1.49. The predicted molar refractivity (Wildman–Crippen MR) is 139 cm³/mol. The monoisotopic (exact) mass is 497 g/mol. The second kappa shape index (κ2) is 9.83. The number of aromatic nitrogens is 1. The molecule has 2 fully saturated rings. The third-order valence-electron chi connectivity index (χ3n) is 9.27. The number of aliphatic hydroxyl groups is 2. The van der Waals surface area contributed by atoms with Gasteiger partial charge in [-0.05, 0) is 55.4 Å². The van der Waals surface area contributed by atoms with Gasteiger partial charge in [0.2, 0.25) is 5.91 Å². The van der Waals surface area contributed by atoms with E-state index in [1.54, 1.807) is 11.3 Å². The lowest BCUT2D eigenvalue weighted by Gasteiger charge is -2.58. The van der Waals surface area contributed by atoms with Gasteiger partial charge in [0.15, 0.2) is 5.13 Å². The molecular formula is C28H39N3O3S. The maximum atomic E-state index is 13.5. The van der Waals surface area contributed by atoms with Crippen LogP contribution in [0.5, 0.6) is 0 Å². The molecule has 2 heterocycles. The van der Waals surface area contributed by atoms with Gasteiger partial charge >= 0.3 is 0 Å². The van der Waals surface area contributed by atoms with E-state index in [1.165, 1.54) is 16.9 Å². The molecule has 1 amide bonds. The van der Waals surface area contributed by atoms with Crippen LogP contribution < -0.4 is 5.32 Å². The van der Waals surface area contributed by atoms with E-state index in [2.05, 4.69) is 24.4 Å². The number of aliphatic hydroxyl groups excluding tert-OH is 2. The van der Waals surface area contributed by atoms with Crippen LogP contribution >= 0.6 is 11.3 Å². The average molecular weight is 498 g/mol. The number of hydrogen-bond acceptors (Lipinski definition) is 6. The largest absolute Gasteiger partial charge is 0.396 e. The standard InChI is InChI=1S/C28H39N3O3S/c1-27-12-11-23(33)28(2,18-32)22(27)16-21-25(20(27)15-24(34)31-13-7-4-8-14-31)30-26(35-21)29-17-19-9-5-3-6-10-19/h3,5-6,9-10,20,22-23,32-33H,4,7-8,11-18H2,1-2H3,(H,29,30)/t20-,22+,23-,27+,28+/m1/s1. The molecule has 0 radical (unpaired) electrons. The highest BCUT2D eigenvalue weighted by Gasteiger charge is 2.59. The molecule has 7 heteroatoms. The fraction of sp³-hybridized carbons (Fsp3) is 0.643. The van der Waals surface area contributed by atoms with Gasteiger partial charge in [-0.2, -0.15) is 0 Å². The second-order valence-corrected chi connectivity index (χ2v) is 12.4. The number of carbonyl (C=O) groups excluding carboxylic acids is 1. The number of nitrogens with zero attached hydrogens (tertiary/aromatic N) is 2. The van der Waals surface area contributed by atoms with Crippen molar-refractivity contribution in [3.05, 3.63) is 46.5 Å². The lowest BCUT2D eigenvalue weighted by Crippen LogP contribution is -2.57. The molecule has 1 aromatic carbocycles. The van der Waals surface area contributed by atoms with Crippen LogP contribution in [0.2, 0.25) is 0 Å². The zero-order chi connectivity index (χ0) is 24.6. The highest BCUT2D eigenvalue weighted by atomic mass is 32.1. The Bertz CT molecular complexity index is 1040. The summed E-state index contributed by atoms with van der Waals surface area (Å²) in [4.78, 5) is 21.8. The fourth-order valence-electron chi connectivity index (χ4n) is 6.94. The highest BCUT2D eigenvalue weighted by molar-refractivity contribution is 7.15.